The van der Waals surface area contributed by atoms with Crippen molar-refractivity contribution in [2.24, 2.45) is 28.8 Å². The van der Waals surface area contributed by atoms with Crippen LogP contribution in [-0.4, -0.2) is 32.0 Å². The minimum absolute atomic E-state index is 0.227. The van der Waals surface area contributed by atoms with Crippen LogP contribution in [0.2, 0.25) is 0 Å². The molecule has 0 heterocycles. The fourth-order valence-electron chi connectivity index (χ4n) is 4.37. The van der Waals surface area contributed by atoms with Gasteiger partial charge in [-0.3, -0.25) is 0 Å². The van der Waals surface area contributed by atoms with Crippen molar-refractivity contribution in [2.45, 2.75) is 32.1 Å². The highest BCUT2D eigenvalue weighted by atomic mass is 16.5. The molecule has 0 aromatic heterocycles. The number of rotatable bonds is 4. The lowest BCUT2D eigenvalue weighted by Gasteiger charge is -2.25. The van der Waals surface area contributed by atoms with E-state index in [2.05, 4.69) is 15.8 Å². The first-order valence-electron chi connectivity index (χ1n) is 7.39. The van der Waals surface area contributed by atoms with Crippen LogP contribution < -0.4 is 10.7 Å². The summed E-state index contributed by atoms with van der Waals surface area (Å²) in [7, 11) is 1.62. The van der Waals surface area contributed by atoms with E-state index in [1.807, 2.05) is 0 Å². The molecule has 0 aliphatic heterocycles. The van der Waals surface area contributed by atoms with E-state index in [4.69, 9.17) is 4.74 Å². The predicted octanol–water partition coefficient (Wildman–Crippen LogP) is 1.74. The monoisotopic (exact) mass is 265 g/mol. The van der Waals surface area contributed by atoms with Gasteiger partial charge in [0.05, 0.1) is 6.61 Å². The molecule has 4 atom stereocenters. The third-order valence-electron chi connectivity index (χ3n) is 5.10. The first-order chi connectivity index (χ1) is 9.29. The number of hydrazone groups is 1. The molecule has 106 valence electrons. The van der Waals surface area contributed by atoms with Gasteiger partial charge in [-0.2, -0.15) is 5.10 Å². The molecular weight excluding hydrogens is 242 g/mol. The number of carbonyl (C=O) groups excluding carboxylic acids is 1. The van der Waals surface area contributed by atoms with Crippen molar-refractivity contribution >= 4 is 11.7 Å². The van der Waals surface area contributed by atoms with Gasteiger partial charge in [0.25, 0.3) is 0 Å². The predicted molar refractivity (Wildman–Crippen MR) is 72.9 cm³/mol. The largest absolute Gasteiger partial charge is 0.383 e. The summed E-state index contributed by atoms with van der Waals surface area (Å²) < 4.78 is 4.88. The number of nitrogens with zero attached hydrogens (tertiary/aromatic N) is 1. The Kier molecular flexibility index (Phi) is 3.73. The Morgan fingerprint density at radius 3 is 3.11 bits per heavy atom. The average molecular weight is 265 g/mol. The van der Waals surface area contributed by atoms with Crippen LogP contribution in [0, 0.1) is 23.7 Å². The SMILES string of the molecule is COCCNC(=O)N/N=C1\CC2CC1C1CCCC21. The number of hydrogen-bond acceptors (Lipinski definition) is 3. The number of amides is 2. The highest BCUT2D eigenvalue weighted by molar-refractivity contribution is 5.91. The van der Waals surface area contributed by atoms with Crippen molar-refractivity contribution in [3.8, 4) is 0 Å². The summed E-state index contributed by atoms with van der Waals surface area (Å²) in [4.78, 5) is 11.5. The van der Waals surface area contributed by atoms with Crippen LogP contribution in [0.15, 0.2) is 5.10 Å². The molecule has 3 aliphatic carbocycles. The van der Waals surface area contributed by atoms with Gasteiger partial charge in [0.2, 0.25) is 0 Å². The van der Waals surface area contributed by atoms with E-state index in [-0.39, 0.29) is 6.03 Å². The number of ether oxygens (including phenoxy) is 1. The highest BCUT2D eigenvalue weighted by Gasteiger charge is 2.52. The lowest BCUT2D eigenvalue weighted by atomic mass is 9.81. The van der Waals surface area contributed by atoms with E-state index in [0.717, 1.165) is 24.2 Å². The summed E-state index contributed by atoms with van der Waals surface area (Å²) in [5.41, 5.74) is 3.86. The van der Waals surface area contributed by atoms with Gasteiger partial charge in [0.15, 0.2) is 0 Å². The standard InChI is InChI=1S/C14H23N3O2/c1-19-6-5-15-14(18)17-16-13-8-9-7-12(13)11-4-2-3-10(9)11/h9-12H,2-8H2,1H3,(H2,15,17,18)/b16-13+. The van der Waals surface area contributed by atoms with E-state index >= 15 is 0 Å². The number of methoxy groups -OCH3 is 1. The highest BCUT2D eigenvalue weighted by Crippen LogP contribution is 2.57. The van der Waals surface area contributed by atoms with Crippen molar-refractivity contribution in [2.75, 3.05) is 20.3 Å². The molecule has 5 nitrogen and oxygen atoms in total. The molecule has 3 fully saturated rings. The van der Waals surface area contributed by atoms with Gasteiger partial charge in [-0.15, -0.1) is 0 Å². The van der Waals surface area contributed by atoms with Crippen LogP contribution >= 0.6 is 0 Å². The van der Waals surface area contributed by atoms with E-state index in [1.54, 1.807) is 7.11 Å². The van der Waals surface area contributed by atoms with E-state index < -0.39 is 0 Å². The minimum atomic E-state index is -0.227. The molecule has 5 heteroatoms. The van der Waals surface area contributed by atoms with Crippen LogP contribution in [0.25, 0.3) is 0 Å². The van der Waals surface area contributed by atoms with Crippen molar-refractivity contribution in [3.05, 3.63) is 0 Å². The van der Waals surface area contributed by atoms with Crippen molar-refractivity contribution in [1.82, 2.24) is 10.7 Å². The fraction of sp³-hybridized carbons (Fsp3) is 0.857. The molecule has 3 rings (SSSR count). The van der Waals surface area contributed by atoms with Gasteiger partial charge in [-0.1, -0.05) is 6.42 Å². The second-order valence-electron chi connectivity index (χ2n) is 6.03. The molecule has 3 aliphatic rings. The maximum Gasteiger partial charge on any atom is 0.335 e. The fourth-order valence-corrected chi connectivity index (χ4v) is 4.37. The number of hydrogen-bond donors (Lipinski definition) is 2. The first-order valence-corrected chi connectivity index (χ1v) is 7.39. The molecule has 0 spiro atoms. The summed E-state index contributed by atoms with van der Waals surface area (Å²) in [5.74, 6) is 3.31. The minimum Gasteiger partial charge on any atom is -0.383 e. The van der Waals surface area contributed by atoms with Gasteiger partial charge >= 0.3 is 6.03 Å². The number of urea groups is 1. The molecule has 2 amide bonds. The molecule has 0 saturated heterocycles. The molecule has 0 aromatic carbocycles. The van der Waals surface area contributed by atoms with Crippen molar-refractivity contribution < 1.29 is 9.53 Å². The molecule has 0 aromatic rings. The number of fused-ring (bicyclic) bond motifs is 5. The number of nitrogens with one attached hydrogen (secondary N) is 2. The quantitative estimate of drug-likeness (QED) is 0.601. The normalized spacial score (nSPS) is 37.6. The Hall–Kier alpha value is -1.10. The molecule has 19 heavy (non-hydrogen) atoms. The van der Waals surface area contributed by atoms with Gasteiger partial charge in [-0.05, 0) is 43.4 Å². The first kappa shape index (κ1) is 12.9. The second-order valence-corrected chi connectivity index (χ2v) is 6.03. The maximum atomic E-state index is 11.5. The zero-order chi connectivity index (χ0) is 13.2. The lowest BCUT2D eigenvalue weighted by molar-refractivity contribution is 0.196. The van der Waals surface area contributed by atoms with Crippen LogP contribution in [0.3, 0.4) is 0 Å². The summed E-state index contributed by atoms with van der Waals surface area (Å²) >= 11 is 0. The summed E-state index contributed by atoms with van der Waals surface area (Å²) in [6.07, 6.45) is 6.58. The average Bonchev–Trinajstić information content (AvgIpc) is 3.08. The van der Waals surface area contributed by atoms with E-state index in [0.29, 0.717) is 19.1 Å². The zero-order valence-corrected chi connectivity index (χ0v) is 11.5. The third-order valence-corrected chi connectivity index (χ3v) is 5.10. The Bertz CT molecular complexity index is 383. The van der Waals surface area contributed by atoms with Crippen LogP contribution in [-0.2, 0) is 4.74 Å². The van der Waals surface area contributed by atoms with Gasteiger partial charge < -0.3 is 10.1 Å². The van der Waals surface area contributed by atoms with E-state index in [1.165, 1.54) is 31.4 Å². The Morgan fingerprint density at radius 1 is 1.42 bits per heavy atom. The Labute approximate surface area is 114 Å². The number of carbonyl (C=O) groups is 1. The molecule has 2 N–H and O–H groups in total. The Balaban J connectivity index is 1.50. The third kappa shape index (κ3) is 2.48. The maximum absolute atomic E-state index is 11.5. The molecule has 2 bridgehead atoms. The van der Waals surface area contributed by atoms with Crippen LogP contribution in [0.1, 0.15) is 32.1 Å². The van der Waals surface area contributed by atoms with Gasteiger partial charge in [0.1, 0.15) is 0 Å². The topological polar surface area (TPSA) is 62.7 Å². The van der Waals surface area contributed by atoms with Crippen molar-refractivity contribution in [3.63, 3.8) is 0 Å². The molecule has 3 saturated carbocycles. The summed E-state index contributed by atoms with van der Waals surface area (Å²) in [5, 5.41) is 7.07. The smallest absolute Gasteiger partial charge is 0.335 e. The lowest BCUT2D eigenvalue weighted by Crippen LogP contribution is -2.36. The van der Waals surface area contributed by atoms with Crippen LogP contribution in [0.5, 0.6) is 0 Å². The zero-order valence-electron chi connectivity index (χ0n) is 11.5. The molecule has 4 unspecified atom stereocenters. The Morgan fingerprint density at radius 2 is 2.26 bits per heavy atom. The molecule has 0 radical (unpaired) electrons. The molecular formula is C14H23N3O2. The summed E-state index contributed by atoms with van der Waals surface area (Å²) in [6, 6.07) is -0.227. The van der Waals surface area contributed by atoms with Crippen LogP contribution in [0.4, 0.5) is 4.79 Å². The van der Waals surface area contributed by atoms with Gasteiger partial charge in [-0.25, -0.2) is 10.2 Å². The second kappa shape index (κ2) is 5.49. The van der Waals surface area contributed by atoms with E-state index in [9.17, 15) is 4.79 Å². The van der Waals surface area contributed by atoms with Crippen molar-refractivity contribution in [1.29, 1.82) is 0 Å². The van der Waals surface area contributed by atoms with Gasteiger partial charge in [0, 0.05) is 25.3 Å². The summed E-state index contributed by atoms with van der Waals surface area (Å²) in [6.45, 7) is 1.04.